The van der Waals surface area contributed by atoms with Crippen molar-refractivity contribution >= 4 is 11.6 Å². The van der Waals surface area contributed by atoms with Gasteiger partial charge in [-0.05, 0) is 42.3 Å². The lowest BCUT2D eigenvalue weighted by molar-refractivity contribution is 0.215. The van der Waals surface area contributed by atoms with Crippen molar-refractivity contribution < 1.29 is 5.11 Å². The Morgan fingerprint density at radius 3 is 2.80 bits per heavy atom. The minimum atomic E-state index is -0.640. The van der Waals surface area contributed by atoms with Gasteiger partial charge in [0.2, 0.25) is 0 Å². The zero-order valence-corrected chi connectivity index (χ0v) is 9.12. The highest BCUT2D eigenvalue weighted by atomic mass is 35.5. The minimum Gasteiger partial charge on any atom is -0.382 e. The van der Waals surface area contributed by atoms with Gasteiger partial charge in [0.05, 0.1) is 0 Å². The molecule has 0 aliphatic carbocycles. The van der Waals surface area contributed by atoms with E-state index in [1.54, 1.807) is 12.3 Å². The molecule has 78 valence electrons. The normalized spacial score (nSPS) is 12.7. The van der Waals surface area contributed by atoms with Gasteiger partial charge in [-0.2, -0.15) is 0 Å². The largest absolute Gasteiger partial charge is 0.382 e. The van der Waals surface area contributed by atoms with Crippen molar-refractivity contribution in [1.82, 2.24) is 4.98 Å². The number of aryl methyl sites for hydroxylation is 1. The van der Waals surface area contributed by atoms with E-state index in [1.807, 2.05) is 31.2 Å². The second kappa shape index (κ2) is 4.09. The fourth-order valence-corrected chi connectivity index (χ4v) is 1.77. The van der Waals surface area contributed by atoms with Crippen LogP contribution < -0.4 is 0 Å². The van der Waals surface area contributed by atoms with E-state index in [0.717, 1.165) is 16.8 Å². The lowest BCUT2D eigenvalue weighted by atomic mass is 10.0. The predicted octanol–water partition coefficient (Wildman–Crippen LogP) is 3.06. The maximum Gasteiger partial charge on any atom is 0.119 e. The van der Waals surface area contributed by atoms with Gasteiger partial charge in [0, 0.05) is 16.9 Å². The Bertz CT molecular complexity index is 451. The molecule has 2 rings (SSSR count). The molecule has 2 aromatic rings. The van der Waals surface area contributed by atoms with Gasteiger partial charge in [-0.25, -0.2) is 0 Å². The Kier molecular flexibility index (Phi) is 2.80. The summed E-state index contributed by atoms with van der Waals surface area (Å²) in [7, 11) is 0. The van der Waals surface area contributed by atoms with Crippen molar-refractivity contribution in [1.29, 1.82) is 0 Å². The van der Waals surface area contributed by atoms with Gasteiger partial charge in [-0.1, -0.05) is 17.7 Å². The lowest BCUT2D eigenvalue weighted by Crippen LogP contribution is -2.02. The molecule has 1 heterocycles. The molecule has 2 nitrogen and oxygen atoms in total. The number of benzene rings is 1. The molecule has 15 heavy (non-hydrogen) atoms. The van der Waals surface area contributed by atoms with Crippen molar-refractivity contribution in [2.45, 2.75) is 13.0 Å². The fourth-order valence-electron chi connectivity index (χ4n) is 1.59. The summed E-state index contributed by atoms with van der Waals surface area (Å²) in [5, 5.41) is 10.7. The average molecular weight is 222 g/mol. The van der Waals surface area contributed by atoms with Gasteiger partial charge < -0.3 is 10.1 Å². The maximum atomic E-state index is 10.1. The Balaban J connectivity index is 2.41. The highest BCUT2D eigenvalue weighted by molar-refractivity contribution is 6.30. The van der Waals surface area contributed by atoms with Gasteiger partial charge in [-0.15, -0.1) is 0 Å². The third-order valence-electron chi connectivity index (χ3n) is 2.45. The van der Waals surface area contributed by atoms with Gasteiger partial charge in [0.25, 0.3) is 0 Å². The zero-order valence-electron chi connectivity index (χ0n) is 8.37. The molecule has 0 saturated carbocycles. The smallest absolute Gasteiger partial charge is 0.119 e. The number of aliphatic hydroxyl groups excluding tert-OH is 1. The minimum absolute atomic E-state index is 0.640. The van der Waals surface area contributed by atoms with Crippen molar-refractivity contribution in [3.63, 3.8) is 0 Å². The number of H-pyrrole nitrogens is 1. The standard InChI is InChI=1S/C12H12ClNO/c1-8-4-5-9(13)7-10(8)12(15)11-3-2-6-14-11/h2-7,12,14-15H,1H3. The van der Waals surface area contributed by atoms with E-state index in [1.165, 1.54) is 0 Å². The molecule has 3 heteroatoms. The van der Waals surface area contributed by atoms with Crippen LogP contribution in [0, 0.1) is 6.92 Å². The van der Waals surface area contributed by atoms with Crippen LogP contribution in [-0.2, 0) is 0 Å². The van der Waals surface area contributed by atoms with Crippen LogP contribution in [0.25, 0.3) is 0 Å². The molecule has 0 radical (unpaired) electrons. The number of hydrogen-bond donors (Lipinski definition) is 2. The fraction of sp³-hybridized carbons (Fsp3) is 0.167. The molecule has 0 aliphatic rings. The second-order valence-electron chi connectivity index (χ2n) is 3.53. The summed E-state index contributed by atoms with van der Waals surface area (Å²) in [4.78, 5) is 2.99. The highest BCUT2D eigenvalue weighted by Gasteiger charge is 2.13. The molecule has 0 saturated heterocycles. The van der Waals surface area contributed by atoms with Gasteiger partial charge >= 0.3 is 0 Å². The highest BCUT2D eigenvalue weighted by Crippen LogP contribution is 2.26. The van der Waals surface area contributed by atoms with Crippen LogP contribution in [0.5, 0.6) is 0 Å². The average Bonchev–Trinajstić information content (AvgIpc) is 2.74. The molecule has 0 amide bonds. The number of hydrogen-bond acceptors (Lipinski definition) is 1. The first-order chi connectivity index (χ1) is 7.18. The Morgan fingerprint density at radius 2 is 2.13 bits per heavy atom. The van der Waals surface area contributed by atoms with Crippen molar-refractivity contribution in [3.05, 3.63) is 58.4 Å². The van der Waals surface area contributed by atoms with Crippen LogP contribution in [-0.4, -0.2) is 10.1 Å². The van der Waals surface area contributed by atoms with Crippen molar-refractivity contribution in [2.24, 2.45) is 0 Å². The molecule has 1 aromatic carbocycles. The Hall–Kier alpha value is -1.25. The number of aromatic nitrogens is 1. The van der Waals surface area contributed by atoms with E-state index in [4.69, 9.17) is 11.6 Å². The molecular formula is C12H12ClNO. The first kappa shape index (κ1) is 10.3. The van der Waals surface area contributed by atoms with Crippen molar-refractivity contribution in [3.8, 4) is 0 Å². The van der Waals surface area contributed by atoms with Crippen LogP contribution in [0.1, 0.15) is 22.9 Å². The topological polar surface area (TPSA) is 36.0 Å². The van der Waals surface area contributed by atoms with E-state index >= 15 is 0 Å². The first-order valence-electron chi connectivity index (χ1n) is 4.76. The Labute approximate surface area is 93.5 Å². The summed E-state index contributed by atoms with van der Waals surface area (Å²) in [5.74, 6) is 0. The predicted molar refractivity (Wildman–Crippen MR) is 61.0 cm³/mol. The molecule has 0 bridgehead atoms. The zero-order chi connectivity index (χ0) is 10.8. The molecule has 0 spiro atoms. The Morgan fingerprint density at radius 1 is 1.33 bits per heavy atom. The van der Waals surface area contributed by atoms with Crippen molar-refractivity contribution in [2.75, 3.05) is 0 Å². The van der Waals surface area contributed by atoms with Gasteiger partial charge in [0.15, 0.2) is 0 Å². The SMILES string of the molecule is Cc1ccc(Cl)cc1C(O)c1ccc[nH]1. The molecule has 1 unspecified atom stereocenters. The monoisotopic (exact) mass is 221 g/mol. The van der Waals surface area contributed by atoms with E-state index < -0.39 is 6.10 Å². The summed E-state index contributed by atoms with van der Waals surface area (Å²) in [6, 6.07) is 9.23. The van der Waals surface area contributed by atoms with E-state index in [9.17, 15) is 5.11 Å². The number of halogens is 1. The van der Waals surface area contributed by atoms with E-state index in [-0.39, 0.29) is 0 Å². The molecule has 2 N–H and O–H groups in total. The number of rotatable bonds is 2. The van der Waals surface area contributed by atoms with Crippen LogP contribution >= 0.6 is 11.6 Å². The van der Waals surface area contributed by atoms with Crippen LogP contribution in [0.3, 0.4) is 0 Å². The third kappa shape index (κ3) is 2.06. The summed E-state index contributed by atoms with van der Waals surface area (Å²) >= 11 is 5.90. The molecular weight excluding hydrogens is 210 g/mol. The summed E-state index contributed by atoms with van der Waals surface area (Å²) in [5.41, 5.74) is 2.65. The lowest BCUT2D eigenvalue weighted by Gasteiger charge is -2.12. The number of aromatic amines is 1. The van der Waals surface area contributed by atoms with Gasteiger partial charge in [0.1, 0.15) is 6.10 Å². The summed E-state index contributed by atoms with van der Waals surface area (Å²) < 4.78 is 0. The molecule has 0 fully saturated rings. The summed E-state index contributed by atoms with van der Waals surface area (Å²) in [6.45, 7) is 1.96. The van der Waals surface area contributed by atoms with Crippen LogP contribution in [0.15, 0.2) is 36.5 Å². The first-order valence-corrected chi connectivity index (χ1v) is 5.13. The molecule has 1 atom stereocenters. The quantitative estimate of drug-likeness (QED) is 0.804. The van der Waals surface area contributed by atoms with Crippen LogP contribution in [0.4, 0.5) is 0 Å². The number of aliphatic hydroxyl groups is 1. The number of nitrogens with one attached hydrogen (secondary N) is 1. The molecule has 1 aromatic heterocycles. The summed E-state index contributed by atoms with van der Waals surface area (Å²) in [6.07, 6.45) is 1.15. The van der Waals surface area contributed by atoms with Crippen LogP contribution in [0.2, 0.25) is 5.02 Å². The van der Waals surface area contributed by atoms with E-state index in [0.29, 0.717) is 5.02 Å². The van der Waals surface area contributed by atoms with Gasteiger partial charge in [-0.3, -0.25) is 0 Å². The maximum absolute atomic E-state index is 10.1. The third-order valence-corrected chi connectivity index (χ3v) is 2.69. The molecule has 0 aliphatic heterocycles. The van der Waals surface area contributed by atoms with E-state index in [2.05, 4.69) is 4.98 Å². The second-order valence-corrected chi connectivity index (χ2v) is 3.97.